The van der Waals surface area contributed by atoms with E-state index < -0.39 is 0 Å². The Morgan fingerprint density at radius 3 is 1.94 bits per heavy atom. The summed E-state index contributed by atoms with van der Waals surface area (Å²) in [6, 6.07) is 59.0. The summed E-state index contributed by atoms with van der Waals surface area (Å²) in [5.41, 5.74) is 11.4. The zero-order valence-corrected chi connectivity index (χ0v) is 28.2. The second kappa shape index (κ2) is 12.3. The Kier molecular flexibility index (Phi) is 7.12. The van der Waals surface area contributed by atoms with Gasteiger partial charge in [0.1, 0.15) is 17.8 Å². The number of aliphatic imine (C=N–C) groups is 2. The molecule has 2 unspecified atom stereocenters. The van der Waals surface area contributed by atoms with E-state index in [0.717, 1.165) is 35.6 Å². The molecule has 2 atom stereocenters. The average molecular weight is 657 g/mol. The third kappa shape index (κ3) is 4.90. The Morgan fingerprint density at radius 2 is 1.18 bits per heavy atom. The molecule has 10 rings (SSSR count). The molecule has 1 aromatic heterocycles. The van der Waals surface area contributed by atoms with Crippen molar-refractivity contribution in [3.05, 3.63) is 192 Å². The van der Waals surface area contributed by atoms with Crippen LogP contribution in [0.2, 0.25) is 0 Å². The largest absolute Gasteiger partial charge is 0.324 e. The lowest BCUT2D eigenvalue weighted by molar-refractivity contribution is 0.570. The number of para-hydroxylation sites is 1. The van der Waals surface area contributed by atoms with Crippen molar-refractivity contribution in [2.24, 2.45) is 9.98 Å². The van der Waals surface area contributed by atoms with Crippen molar-refractivity contribution in [1.29, 1.82) is 0 Å². The lowest BCUT2D eigenvalue weighted by Crippen LogP contribution is -2.31. The molecular weight excluding hydrogens is 621 g/mol. The van der Waals surface area contributed by atoms with Crippen molar-refractivity contribution in [1.82, 2.24) is 9.88 Å². The fourth-order valence-corrected chi connectivity index (χ4v) is 8.59. The second-order valence-corrected chi connectivity index (χ2v) is 13.6. The molecule has 1 N–H and O–H groups in total. The third-order valence-corrected chi connectivity index (χ3v) is 10.8. The highest BCUT2D eigenvalue weighted by molar-refractivity contribution is 6.25. The van der Waals surface area contributed by atoms with Crippen LogP contribution in [0.15, 0.2) is 174 Å². The summed E-state index contributed by atoms with van der Waals surface area (Å²) in [6.45, 7) is 0.506. The van der Waals surface area contributed by atoms with Crippen LogP contribution < -0.4 is 5.32 Å². The number of aryl methyl sites for hydroxylation is 1. The molecule has 4 nitrogen and oxygen atoms in total. The van der Waals surface area contributed by atoms with E-state index in [2.05, 4.69) is 168 Å². The van der Waals surface area contributed by atoms with E-state index in [9.17, 15) is 0 Å². The number of fused-ring (bicyclic) bond motifs is 10. The third-order valence-electron chi connectivity index (χ3n) is 10.8. The number of aromatic nitrogens is 1. The molecule has 1 aliphatic carbocycles. The summed E-state index contributed by atoms with van der Waals surface area (Å²) in [4.78, 5) is 10.8. The minimum atomic E-state index is -0.273. The summed E-state index contributed by atoms with van der Waals surface area (Å²) in [5, 5.41) is 8.81. The topological polar surface area (TPSA) is 41.7 Å². The summed E-state index contributed by atoms with van der Waals surface area (Å²) in [7, 11) is 0. The zero-order valence-electron chi connectivity index (χ0n) is 28.2. The summed E-state index contributed by atoms with van der Waals surface area (Å²) in [6.07, 6.45) is 1.69. The number of amidine groups is 2. The summed E-state index contributed by atoms with van der Waals surface area (Å²) in [5.74, 6) is 1.96. The fourth-order valence-electron chi connectivity index (χ4n) is 8.59. The van der Waals surface area contributed by atoms with Crippen LogP contribution in [0.4, 0.5) is 0 Å². The van der Waals surface area contributed by atoms with Crippen LogP contribution in [0.1, 0.15) is 46.3 Å². The van der Waals surface area contributed by atoms with E-state index in [1.165, 1.54) is 60.4 Å². The first-order valence-corrected chi connectivity index (χ1v) is 17.9. The van der Waals surface area contributed by atoms with Crippen LogP contribution in [0.5, 0.6) is 0 Å². The van der Waals surface area contributed by atoms with E-state index in [1.54, 1.807) is 0 Å². The lowest BCUT2D eigenvalue weighted by atomic mass is 9.85. The van der Waals surface area contributed by atoms with E-state index in [4.69, 9.17) is 9.98 Å². The van der Waals surface area contributed by atoms with Crippen LogP contribution in [0, 0.1) is 0 Å². The molecule has 2 heterocycles. The highest BCUT2D eigenvalue weighted by Crippen LogP contribution is 2.50. The molecule has 0 saturated heterocycles. The zero-order chi connectivity index (χ0) is 33.7. The molecule has 1 aliphatic heterocycles. The number of hydrogen-bond acceptors (Lipinski definition) is 3. The predicted octanol–water partition coefficient (Wildman–Crippen LogP) is 10.7. The number of nitrogens with one attached hydrogen (secondary N) is 1. The normalized spacial score (nSPS) is 17.2. The Bertz CT molecular complexity index is 2640. The predicted molar refractivity (Wildman–Crippen MR) is 212 cm³/mol. The van der Waals surface area contributed by atoms with Gasteiger partial charge in [-0.05, 0) is 57.5 Å². The van der Waals surface area contributed by atoms with Gasteiger partial charge in [-0.1, -0.05) is 158 Å². The van der Waals surface area contributed by atoms with Crippen molar-refractivity contribution < 1.29 is 0 Å². The van der Waals surface area contributed by atoms with Crippen LogP contribution in [-0.4, -0.2) is 22.8 Å². The first-order valence-electron chi connectivity index (χ1n) is 17.9. The number of hydrogen-bond donors (Lipinski definition) is 1. The minimum Gasteiger partial charge on any atom is -0.324 e. The van der Waals surface area contributed by atoms with Gasteiger partial charge in [0.2, 0.25) is 0 Å². The molecule has 0 amide bonds. The average Bonchev–Trinajstić information content (AvgIpc) is 3.30. The summed E-state index contributed by atoms with van der Waals surface area (Å²) >= 11 is 0. The van der Waals surface area contributed by atoms with Crippen molar-refractivity contribution in [3.63, 3.8) is 0 Å². The van der Waals surface area contributed by atoms with Gasteiger partial charge in [0.25, 0.3) is 0 Å². The maximum atomic E-state index is 5.58. The molecule has 4 heteroatoms. The lowest BCUT2D eigenvalue weighted by Gasteiger charge is -2.21. The first kappa shape index (κ1) is 29.6. The van der Waals surface area contributed by atoms with E-state index >= 15 is 0 Å². The van der Waals surface area contributed by atoms with E-state index in [0.29, 0.717) is 12.5 Å². The molecule has 2 aliphatic rings. The van der Waals surface area contributed by atoms with E-state index in [1.807, 2.05) is 6.07 Å². The van der Waals surface area contributed by atoms with Gasteiger partial charge in [0, 0.05) is 27.8 Å². The fraction of sp³-hybridized carbons (Fsp3) is 0.106. The smallest absolute Gasteiger partial charge is 0.147 e. The maximum absolute atomic E-state index is 5.58. The SMILES string of the molecule is c1ccc(C2=NCC(n3c4ccccc4c4c5ccccc5c5c(c43)CCC(c3ccccc3)c3ccccc3-5)N=C(c3ccccc3)N2)cc1. The van der Waals surface area contributed by atoms with Crippen molar-refractivity contribution >= 4 is 44.2 Å². The minimum absolute atomic E-state index is 0.273. The quantitative estimate of drug-likeness (QED) is 0.201. The molecular formula is C47H36N4. The number of nitrogens with zero attached hydrogens (tertiary/aromatic N) is 3. The monoisotopic (exact) mass is 656 g/mol. The number of rotatable bonds is 4. The highest BCUT2D eigenvalue weighted by Gasteiger charge is 2.31. The Morgan fingerprint density at radius 1 is 0.569 bits per heavy atom. The molecule has 0 spiro atoms. The molecule has 0 bridgehead atoms. The van der Waals surface area contributed by atoms with Crippen LogP contribution in [0.3, 0.4) is 0 Å². The Labute approximate surface area is 297 Å². The molecule has 0 radical (unpaired) electrons. The Balaban J connectivity index is 1.29. The van der Waals surface area contributed by atoms with Crippen molar-refractivity contribution in [2.75, 3.05) is 6.54 Å². The van der Waals surface area contributed by atoms with Gasteiger partial charge < -0.3 is 9.88 Å². The van der Waals surface area contributed by atoms with Gasteiger partial charge in [-0.2, -0.15) is 0 Å². The van der Waals surface area contributed by atoms with Crippen LogP contribution in [0.25, 0.3) is 43.7 Å². The van der Waals surface area contributed by atoms with Crippen LogP contribution >= 0.6 is 0 Å². The maximum Gasteiger partial charge on any atom is 0.147 e. The van der Waals surface area contributed by atoms with Crippen molar-refractivity contribution in [2.45, 2.75) is 24.9 Å². The Hall–Kier alpha value is -6.26. The van der Waals surface area contributed by atoms with Gasteiger partial charge in [-0.15, -0.1) is 0 Å². The number of benzene rings is 7. The molecule has 8 aromatic rings. The van der Waals surface area contributed by atoms with Gasteiger partial charge in [0.15, 0.2) is 0 Å². The standard InChI is InChI=1S/C47H36N4/c1-4-16-31(17-5-1)34-28-29-40-43(36-23-11-10-22-35(34)36)37-24-12-13-25-38(37)44-39-26-14-15-27-41(39)51(45(40)44)42-30-48-46(32-18-6-2-7-19-32)50-47(49-42)33-20-8-3-9-21-33/h1-27,34,42H,28-30H2,(H,48,49,50). The van der Waals surface area contributed by atoms with Gasteiger partial charge in [0.05, 0.1) is 17.6 Å². The molecule has 0 fully saturated rings. The van der Waals surface area contributed by atoms with E-state index in [-0.39, 0.29) is 6.17 Å². The van der Waals surface area contributed by atoms with Crippen molar-refractivity contribution in [3.8, 4) is 11.1 Å². The van der Waals surface area contributed by atoms with Gasteiger partial charge >= 0.3 is 0 Å². The molecule has 244 valence electrons. The van der Waals surface area contributed by atoms with Gasteiger partial charge in [-0.3, -0.25) is 4.99 Å². The first-order chi connectivity index (χ1) is 25.3. The summed E-state index contributed by atoms with van der Waals surface area (Å²) < 4.78 is 2.52. The van der Waals surface area contributed by atoms with Crippen LogP contribution in [-0.2, 0) is 6.42 Å². The molecule has 0 saturated carbocycles. The highest BCUT2D eigenvalue weighted by atomic mass is 15.2. The molecule has 51 heavy (non-hydrogen) atoms. The molecule has 7 aromatic carbocycles. The second-order valence-electron chi connectivity index (χ2n) is 13.6. The van der Waals surface area contributed by atoms with Gasteiger partial charge in [-0.25, -0.2) is 4.99 Å².